The van der Waals surface area contributed by atoms with E-state index in [1.165, 1.54) is 0 Å². The number of rotatable bonds is 6. The molecule has 38 heavy (non-hydrogen) atoms. The average molecular weight is 545 g/mol. The first-order valence-corrected chi connectivity index (χ1v) is 11.9. The summed E-state index contributed by atoms with van der Waals surface area (Å²) in [6.07, 6.45) is -1.87. The first kappa shape index (κ1) is 31.7. The molecule has 0 radical (unpaired) electrons. The van der Waals surface area contributed by atoms with E-state index in [1.807, 2.05) is 135 Å². The topological polar surface area (TPSA) is 58.9 Å². The third-order valence-electron chi connectivity index (χ3n) is 6.78. The molecule has 1 aliphatic rings. The molecule has 0 spiro atoms. The Morgan fingerprint density at radius 3 is 0.921 bits per heavy atom. The predicted octanol–water partition coefficient (Wildman–Crippen LogP) is 6.28. The predicted molar refractivity (Wildman–Crippen MR) is 148 cm³/mol. The van der Waals surface area contributed by atoms with Crippen molar-refractivity contribution in [2.75, 3.05) is 0 Å². The quantitative estimate of drug-likeness (QED) is 0.222. The van der Waals surface area contributed by atoms with Crippen LogP contribution >= 0.6 is 0 Å². The van der Waals surface area contributed by atoms with Gasteiger partial charge in [0, 0.05) is 0 Å². The van der Waals surface area contributed by atoms with Gasteiger partial charge in [0.05, 0.1) is 0 Å². The van der Waals surface area contributed by atoms with Crippen LogP contribution in [0.4, 0.5) is 0 Å². The molecule has 1 saturated heterocycles. The van der Waals surface area contributed by atoms with Crippen LogP contribution in [0.3, 0.4) is 0 Å². The molecule has 1 heterocycles. The molecule has 2 N–H and O–H groups in total. The molecule has 0 amide bonds. The molecule has 4 nitrogen and oxygen atoms in total. The summed E-state index contributed by atoms with van der Waals surface area (Å²) in [6, 6.07) is 37.8. The molecule has 2 atom stereocenters. The van der Waals surface area contributed by atoms with Crippen LogP contribution in [-0.2, 0) is 42.4 Å². The Labute approximate surface area is 242 Å². The van der Waals surface area contributed by atoms with Crippen molar-refractivity contribution in [1.29, 1.82) is 0 Å². The molecule has 5 heteroatoms. The molecule has 5 rings (SSSR count). The molecular weight excluding hydrogens is 508 g/mol. The van der Waals surface area contributed by atoms with Crippen LogP contribution in [0.25, 0.3) is 0 Å². The van der Waals surface area contributed by atoms with E-state index in [0.717, 1.165) is 0 Å². The Balaban J connectivity index is 0.00000169. The number of ether oxygens (including phenoxy) is 2. The van der Waals surface area contributed by atoms with Crippen LogP contribution < -0.4 is 0 Å². The second-order valence-electron chi connectivity index (χ2n) is 9.47. The van der Waals surface area contributed by atoms with Gasteiger partial charge < -0.3 is 34.5 Å². The minimum Gasteiger partial charge on any atom is -0.378 e. The van der Waals surface area contributed by atoms with Gasteiger partial charge in [-0.1, -0.05) is 121 Å². The van der Waals surface area contributed by atoms with Gasteiger partial charge in [0.2, 0.25) is 0 Å². The van der Waals surface area contributed by atoms with E-state index in [4.69, 9.17) is 9.47 Å². The maximum atomic E-state index is 12.6. The van der Waals surface area contributed by atoms with Crippen molar-refractivity contribution in [3.63, 3.8) is 0 Å². The van der Waals surface area contributed by atoms with Gasteiger partial charge in [0.1, 0.15) is 23.4 Å². The number of benzene rings is 4. The van der Waals surface area contributed by atoms with Gasteiger partial charge in [-0.25, -0.2) is 0 Å². The normalized spacial score (nSPS) is 18.4. The fourth-order valence-corrected chi connectivity index (χ4v) is 5.13. The van der Waals surface area contributed by atoms with Crippen molar-refractivity contribution in [1.82, 2.24) is 0 Å². The minimum absolute atomic E-state index is 0. The smallest absolute Gasteiger partial charge is 0.378 e. The molecule has 4 aromatic carbocycles. The fraction of sp³-hybridized carbons (Fsp3) is 0.212. The molecule has 4 aromatic rings. The van der Waals surface area contributed by atoms with Gasteiger partial charge in [-0.2, -0.15) is 0 Å². The third kappa shape index (κ3) is 5.57. The van der Waals surface area contributed by atoms with E-state index < -0.39 is 29.2 Å². The van der Waals surface area contributed by atoms with Crippen molar-refractivity contribution >= 4 is 0 Å². The molecule has 196 valence electrons. The number of aliphatic hydroxyl groups is 2. The largest absolute Gasteiger partial charge is 2.00 e. The molecule has 0 bridgehead atoms. The molecule has 0 aromatic heterocycles. The first-order chi connectivity index (χ1) is 16.9. The third-order valence-corrected chi connectivity index (χ3v) is 6.78. The maximum Gasteiger partial charge on any atom is 2.00 e. The summed E-state index contributed by atoms with van der Waals surface area (Å²) in [5.74, 6) is -1.05. The molecule has 0 aliphatic carbocycles. The van der Waals surface area contributed by atoms with E-state index in [1.54, 1.807) is 0 Å². The standard InChI is InChI=1S/C31H30O4.2CH3.Ti/c1-29(2)34-27(30(32,23-15-7-3-8-16-23)24-17-9-4-10-18-24)28(35-29)31(33,25-19-11-5-12-20-25)26-21-13-6-14-22-26;;;/h3-22,27-28,32-33H,1-2H3;2*1H3;/q;2*-1;+2/t27-,28-;;;/m1.../s1. The van der Waals surface area contributed by atoms with Crippen molar-refractivity contribution in [3.05, 3.63) is 158 Å². The molecular formula is C33H36O4Ti. The minimum atomic E-state index is -1.60. The Morgan fingerprint density at radius 1 is 0.500 bits per heavy atom. The van der Waals surface area contributed by atoms with Crippen LogP contribution in [0.1, 0.15) is 36.1 Å². The first-order valence-electron chi connectivity index (χ1n) is 11.9. The van der Waals surface area contributed by atoms with Crippen LogP contribution in [0, 0.1) is 14.9 Å². The Kier molecular flexibility index (Phi) is 10.4. The SMILES string of the molecule is CC1(C)O[C@@H](C(O)(c2ccccc2)c2ccccc2)[C@H](C(O)(c2ccccc2)c2ccccc2)O1.[CH3-].[CH3-].[Ti+2]. The zero-order chi connectivity index (χ0) is 24.5. The van der Waals surface area contributed by atoms with Crippen molar-refractivity contribution in [3.8, 4) is 0 Å². The molecule has 1 aliphatic heterocycles. The Bertz CT molecular complexity index is 1070. The van der Waals surface area contributed by atoms with Crippen LogP contribution in [0.15, 0.2) is 121 Å². The van der Waals surface area contributed by atoms with Crippen LogP contribution in [0.2, 0.25) is 0 Å². The van der Waals surface area contributed by atoms with Crippen molar-refractivity contribution in [2.24, 2.45) is 0 Å². The Hall–Kier alpha value is -2.57. The van der Waals surface area contributed by atoms with Crippen LogP contribution in [-0.4, -0.2) is 28.2 Å². The van der Waals surface area contributed by atoms with Crippen LogP contribution in [0.5, 0.6) is 0 Å². The van der Waals surface area contributed by atoms with Gasteiger partial charge in [-0.05, 0) is 36.1 Å². The summed E-state index contributed by atoms with van der Waals surface area (Å²) in [5.41, 5.74) is -0.564. The van der Waals surface area contributed by atoms with Gasteiger partial charge >= 0.3 is 21.7 Å². The maximum absolute atomic E-state index is 12.6. The summed E-state index contributed by atoms with van der Waals surface area (Å²) < 4.78 is 13.0. The second-order valence-corrected chi connectivity index (χ2v) is 9.47. The van der Waals surface area contributed by atoms with Gasteiger partial charge in [0.15, 0.2) is 5.79 Å². The van der Waals surface area contributed by atoms with Crippen molar-refractivity contribution < 1.29 is 41.4 Å². The fourth-order valence-electron chi connectivity index (χ4n) is 5.13. The van der Waals surface area contributed by atoms with Gasteiger partial charge in [-0.3, -0.25) is 0 Å². The number of hydrogen-bond acceptors (Lipinski definition) is 4. The molecule has 1 fully saturated rings. The number of hydrogen-bond donors (Lipinski definition) is 2. The second kappa shape index (κ2) is 12.5. The van der Waals surface area contributed by atoms with Crippen molar-refractivity contribution in [2.45, 2.75) is 43.0 Å². The summed E-state index contributed by atoms with van der Waals surface area (Å²) in [6.45, 7) is 3.62. The zero-order valence-corrected chi connectivity index (χ0v) is 24.0. The monoisotopic (exact) mass is 544 g/mol. The van der Waals surface area contributed by atoms with E-state index in [-0.39, 0.29) is 36.6 Å². The van der Waals surface area contributed by atoms with E-state index >= 15 is 0 Å². The van der Waals surface area contributed by atoms with E-state index in [0.29, 0.717) is 22.3 Å². The summed E-state index contributed by atoms with van der Waals surface area (Å²) in [5, 5.41) is 25.2. The summed E-state index contributed by atoms with van der Waals surface area (Å²) >= 11 is 0. The average Bonchev–Trinajstić information content (AvgIpc) is 3.26. The summed E-state index contributed by atoms with van der Waals surface area (Å²) in [7, 11) is 0. The molecule has 0 unspecified atom stereocenters. The van der Waals surface area contributed by atoms with Gasteiger partial charge in [-0.15, -0.1) is 0 Å². The van der Waals surface area contributed by atoms with E-state index in [9.17, 15) is 10.2 Å². The summed E-state index contributed by atoms with van der Waals surface area (Å²) in [4.78, 5) is 0. The van der Waals surface area contributed by atoms with Gasteiger partial charge in [0.25, 0.3) is 0 Å². The Morgan fingerprint density at radius 2 is 0.711 bits per heavy atom. The van der Waals surface area contributed by atoms with E-state index in [2.05, 4.69) is 0 Å². The molecule has 0 saturated carbocycles. The zero-order valence-electron chi connectivity index (χ0n) is 22.4.